The van der Waals surface area contributed by atoms with Crippen molar-refractivity contribution in [3.05, 3.63) is 0 Å². The first-order valence-corrected chi connectivity index (χ1v) is 10.1. The molecule has 1 aromatic heterocycles. The number of hydrogen-bond donors (Lipinski definition) is 6. The Morgan fingerprint density at radius 3 is 1.63 bits per heavy atom. The van der Waals surface area contributed by atoms with Gasteiger partial charge in [0.1, 0.15) is 12.2 Å². The van der Waals surface area contributed by atoms with E-state index >= 15 is 0 Å². The van der Waals surface area contributed by atoms with Gasteiger partial charge in [-0.25, -0.2) is 0 Å². The van der Waals surface area contributed by atoms with Crippen LogP contribution >= 0.6 is 0 Å². The van der Waals surface area contributed by atoms with Crippen LogP contribution in [0.4, 0.5) is 17.8 Å². The Hall–Kier alpha value is -1.75. The molecule has 0 aromatic carbocycles. The van der Waals surface area contributed by atoms with E-state index in [9.17, 15) is 20.4 Å². The summed E-state index contributed by atoms with van der Waals surface area (Å²) in [5.74, 6) is 0.330. The van der Waals surface area contributed by atoms with Gasteiger partial charge in [-0.15, -0.1) is 0 Å². The van der Waals surface area contributed by atoms with Gasteiger partial charge in [-0.1, -0.05) is 41.5 Å². The fraction of sp³-hybridized carbons (Fsp3) is 0.850. The highest BCUT2D eigenvalue weighted by Crippen LogP contribution is 2.26. The molecule has 1 heterocycles. The molecule has 0 spiro atoms. The molecule has 10 heteroatoms. The Morgan fingerprint density at radius 2 is 1.20 bits per heavy atom. The lowest BCUT2D eigenvalue weighted by Gasteiger charge is -2.35. The molecule has 4 unspecified atom stereocenters. The molecular formula is C20H40N6O4. The number of aliphatic hydroxyl groups excluding tert-OH is 4. The van der Waals surface area contributed by atoms with Crippen molar-refractivity contribution < 1.29 is 20.4 Å². The molecule has 30 heavy (non-hydrogen) atoms. The van der Waals surface area contributed by atoms with E-state index in [-0.39, 0.29) is 23.4 Å². The second-order valence-electron chi connectivity index (χ2n) is 10.9. The summed E-state index contributed by atoms with van der Waals surface area (Å²) in [6.07, 6.45) is -4.74. The summed E-state index contributed by atoms with van der Waals surface area (Å²) in [4.78, 5) is 14.2. The van der Waals surface area contributed by atoms with Crippen molar-refractivity contribution in [1.29, 1.82) is 0 Å². The lowest BCUT2D eigenvalue weighted by atomic mass is 9.88. The van der Waals surface area contributed by atoms with Gasteiger partial charge in [-0.2, -0.15) is 15.0 Å². The zero-order valence-electron chi connectivity index (χ0n) is 19.9. The summed E-state index contributed by atoms with van der Waals surface area (Å²) in [7, 11) is 1.56. The minimum absolute atomic E-state index is 0.0202. The van der Waals surface area contributed by atoms with Crippen LogP contribution < -0.4 is 15.5 Å². The number of hydrogen-bond acceptors (Lipinski definition) is 10. The molecule has 0 aliphatic carbocycles. The molecule has 0 saturated heterocycles. The summed E-state index contributed by atoms with van der Waals surface area (Å²) in [5, 5.41) is 47.6. The van der Waals surface area contributed by atoms with Crippen molar-refractivity contribution >= 4 is 17.8 Å². The molecule has 0 radical (unpaired) electrons. The first-order chi connectivity index (χ1) is 13.3. The van der Waals surface area contributed by atoms with Gasteiger partial charge >= 0.3 is 0 Å². The number of likely N-dealkylation sites (N-methyl/N-ethyl adjacent to an activating group) is 1. The van der Waals surface area contributed by atoms with E-state index in [1.54, 1.807) is 27.8 Å². The number of aromatic nitrogens is 3. The molecule has 1 aromatic rings. The number of anilines is 3. The molecule has 174 valence electrons. The van der Waals surface area contributed by atoms with Crippen molar-refractivity contribution in [3.63, 3.8) is 0 Å². The Kier molecular flexibility index (Phi) is 8.03. The van der Waals surface area contributed by atoms with E-state index in [0.717, 1.165) is 0 Å². The third-order valence-corrected chi connectivity index (χ3v) is 4.46. The van der Waals surface area contributed by atoms with E-state index < -0.39 is 35.5 Å². The van der Waals surface area contributed by atoms with Gasteiger partial charge in [-0.3, -0.25) is 0 Å². The number of rotatable bonds is 7. The fourth-order valence-corrected chi connectivity index (χ4v) is 2.44. The molecule has 0 bridgehead atoms. The Morgan fingerprint density at radius 1 is 0.733 bits per heavy atom. The first kappa shape index (κ1) is 26.3. The van der Waals surface area contributed by atoms with E-state index in [2.05, 4.69) is 25.6 Å². The van der Waals surface area contributed by atoms with E-state index in [1.165, 1.54) is 4.90 Å². The second-order valence-corrected chi connectivity index (χ2v) is 10.9. The number of nitrogens with one attached hydrogen (secondary N) is 2. The van der Waals surface area contributed by atoms with Crippen molar-refractivity contribution in [3.8, 4) is 0 Å². The van der Waals surface area contributed by atoms with Crippen LogP contribution in [-0.2, 0) is 0 Å². The summed E-state index contributed by atoms with van der Waals surface area (Å²) >= 11 is 0. The highest BCUT2D eigenvalue weighted by molar-refractivity contribution is 5.45. The lowest BCUT2D eigenvalue weighted by molar-refractivity contribution is -0.0433. The minimum Gasteiger partial charge on any atom is -0.388 e. The maximum Gasteiger partial charge on any atom is 0.233 e. The average molecular weight is 429 g/mol. The van der Waals surface area contributed by atoms with Crippen molar-refractivity contribution in [2.75, 3.05) is 22.6 Å². The fourth-order valence-electron chi connectivity index (χ4n) is 2.44. The van der Waals surface area contributed by atoms with Gasteiger partial charge in [0.25, 0.3) is 0 Å². The highest BCUT2D eigenvalue weighted by Gasteiger charge is 2.34. The van der Waals surface area contributed by atoms with Crippen LogP contribution in [0.5, 0.6) is 0 Å². The lowest BCUT2D eigenvalue weighted by Crippen LogP contribution is -2.48. The van der Waals surface area contributed by atoms with E-state index in [1.807, 2.05) is 41.5 Å². The van der Waals surface area contributed by atoms with Gasteiger partial charge in [0.15, 0.2) is 12.5 Å². The van der Waals surface area contributed by atoms with Crippen LogP contribution in [0, 0.1) is 10.8 Å². The van der Waals surface area contributed by atoms with Crippen LogP contribution in [0.2, 0.25) is 0 Å². The van der Waals surface area contributed by atoms with Gasteiger partial charge in [0, 0.05) is 12.6 Å². The minimum atomic E-state index is -1.32. The molecule has 0 aliphatic rings. The molecular weight excluding hydrogens is 388 g/mol. The Labute approximate surface area is 179 Å². The topological polar surface area (TPSA) is 147 Å². The second kappa shape index (κ2) is 9.17. The van der Waals surface area contributed by atoms with Crippen molar-refractivity contribution in [2.45, 2.75) is 92.5 Å². The zero-order valence-corrected chi connectivity index (χ0v) is 19.9. The normalized spacial score (nSPS) is 17.1. The standard InChI is InChI=1S/C20H40N6O4/c1-18(2,3)11(27)13(29)21-15-22-16(25-20(7,8)9)24-17(23-15)26(10)14(30)12(28)19(4,5)6/h11-14,27-30H,1-10H3,(H2,21,22,23,24,25). The van der Waals surface area contributed by atoms with Crippen LogP contribution in [0.15, 0.2) is 0 Å². The van der Waals surface area contributed by atoms with Gasteiger partial charge in [-0.05, 0) is 31.6 Å². The zero-order chi connectivity index (χ0) is 23.7. The van der Waals surface area contributed by atoms with Gasteiger partial charge in [0.2, 0.25) is 17.8 Å². The largest absolute Gasteiger partial charge is 0.388 e. The van der Waals surface area contributed by atoms with Crippen molar-refractivity contribution in [1.82, 2.24) is 15.0 Å². The monoisotopic (exact) mass is 428 g/mol. The summed E-state index contributed by atoms with van der Waals surface area (Å²) < 4.78 is 0. The summed E-state index contributed by atoms with van der Waals surface area (Å²) in [6, 6.07) is 0. The third kappa shape index (κ3) is 7.50. The average Bonchev–Trinajstić information content (AvgIpc) is 2.55. The maximum absolute atomic E-state index is 10.6. The molecule has 0 amide bonds. The first-order valence-electron chi connectivity index (χ1n) is 10.1. The molecule has 4 atom stereocenters. The third-order valence-electron chi connectivity index (χ3n) is 4.46. The molecule has 1 rings (SSSR count). The predicted molar refractivity (Wildman–Crippen MR) is 118 cm³/mol. The van der Waals surface area contributed by atoms with Crippen LogP contribution in [-0.4, -0.2) is 72.6 Å². The van der Waals surface area contributed by atoms with Crippen molar-refractivity contribution in [2.24, 2.45) is 10.8 Å². The summed E-state index contributed by atoms with van der Waals surface area (Å²) in [5.41, 5.74) is -1.50. The molecule has 10 nitrogen and oxygen atoms in total. The molecule has 0 aliphatic heterocycles. The summed E-state index contributed by atoms with van der Waals surface area (Å²) in [6.45, 7) is 16.6. The number of aliphatic hydroxyl groups is 4. The van der Waals surface area contributed by atoms with Gasteiger partial charge in [0.05, 0.1) is 0 Å². The quantitative estimate of drug-likeness (QED) is 0.352. The van der Waals surface area contributed by atoms with Crippen LogP contribution in [0.1, 0.15) is 62.3 Å². The van der Waals surface area contributed by atoms with Crippen LogP contribution in [0.3, 0.4) is 0 Å². The molecule has 0 fully saturated rings. The highest BCUT2D eigenvalue weighted by atomic mass is 16.3. The van der Waals surface area contributed by atoms with E-state index in [0.29, 0.717) is 0 Å². The van der Waals surface area contributed by atoms with Gasteiger partial charge < -0.3 is 36.0 Å². The Balaban J connectivity index is 3.29. The molecule has 6 N–H and O–H groups in total. The SMILES string of the molecule is CN(c1nc(NC(O)C(O)C(C)(C)C)nc(NC(C)(C)C)n1)C(O)C(O)C(C)(C)C. The van der Waals surface area contributed by atoms with E-state index in [4.69, 9.17) is 0 Å². The smallest absolute Gasteiger partial charge is 0.233 e. The molecule has 0 saturated carbocycles. The number of nitrogens with zero attached hydrogens (tertiary/aromatic N) is 4. The Bertz CT molecular complexity index is 696. The predicted octanol–water partition coefficient (Wildman–Crippen LogP) is 1.38. The maximum atomic E-state index is 10.6. The van der Waals surface area contributed by atoms with Crippen LogP contribution in [0.25, 0.3) is 0 Å².